The van der Waals surface area contributed by atoms with E-state index in [-0.39, 0.29) is 0 Å². The van der Waals surface area contributed by atoms with Crippen molar-refractivity contribution in [2.24, 2.45) is 0 Å². The molecule has 0 saturated carbocycles. The Labute approximate surface area is 118 Å². The van der Waals surface area contributed by atoms with Crippen molar-refractivity contribution >= 4 is 28.8 Å². The van der Waals surface area contributed by atoms with E-state index in [1.54, 1.807) is 0 Å². The lowest BCUT2D eigenvalue weighted by atomic mass is 10.3. The van der Waals surface area contributed by atoms with Crippen LogP contribution in [0.25, 0.3) is 0 Å². The molecule has 0 bridgehead atoms. The molecule has 1 fully saturated rings. The minimum absolute atomic E-state index is 0.728. The van der Waals surface area contributed by atoms with Gasteiger partial charge in [0, 0.05) is 23.8 Å². The van der Waals surface area contributed by atoms with E-state index in [0.29, 0.717) is 0 Å². The Kier molecular flexibility index (Phi) is 3.56. The Bertz CT molecular complexity index is 548. The lowest BCUT2D eigenvalue weighted by Gasteiger charge is -2.16. The molecule has 1 aromatic carbocycles. The van der Waals surface area contributed by atoms with E-state index in [1.165, 1.54) is 12.8 Å². The molecule has 0 radical (unpaired) electrons. The maximum atomic E-state index is 5.96. The second-order valence-electron chi connectivity index (χ2n) is 4.73. The SMILES string of the molecule is Clc1cccc(Nc2ccc(N3CCCC3)nc2)c1. The summed E-state index contributed by atoms with van der Waals surface area (Å²) in [6, 6.07) is 11.8. The zero-order valence-corrected chi connectivity index (χ0v) is 11.4. The highest BCUT2D eigenvalue weighted by Crippen LogP contribution is 2.22. The Morgan fingerprint density at radius 3 is 2.58 bits per heavy atom. The van der Waals surface area contributed by atoms with Gasteiger partial charge in [0.2, 0.25) is 0 Å². The molecule has 2 heterocycles. The molecule has 0 spiro atoms. The smallest absolute Gasteiger partial charge is 0.128 e. The van der Waals surface area contributed by atoms with E-state index in [1.807, 2.05) is 30.5 Å². The van der Waals surface area contributed by atoms with E-state index in [9.17, 15) is 0 Å². The van der Waals surface area contributed by atoms with E-state index < -0.39 is 0 Å². The van der Waals surface area contributed by atoms with Crippen LogP contribution in [0.1, 0.15) is 12.8 Å². The van der Waals surface area contributed by atoms with Gasteiger partial charge in [-0.25, -0.2) is 4.98 Å². The Morgan fingerprint density at radius 2 is 1.89 bits per heavy atom. The zero-order valence-electron chi connectivity index (χ0n) is 10.6. The van der Waals surface area contributed by atoms with Gasteiger partial charge < -0.3 is 10.2 Å². The third-order valence-electron chi connectivity index (χ3n) is 3.29. The molecular weight excluding hydrogens is 258 g/mol. The third-order valence-corrected chi connectivity index (χ3v) is 3.53. The fraction of sp³-hybridized carbons (Fsp3) is 0.267. The largest absolute Gasteiger partial charge is 0.357 e. The van der Waals surface area contributed by atoms with E-state index in [0.717, 1.165) is 35.3 Å². The summed E-state index contributed by atoms with van der Waals surface area (Å²) in [6.45, 7) is 2.24. The van der Waals surface area contributed by atoms with Gasteiger partial charge in [-0.05, 0) is 43.2 Å². The van der Waals surface area contributed by atoms with E-state index in [4.69, 9.17) is 11.6 Å². The lowest BCUT2D eigenvalue weighted by Crippen LogP contribution is -2.18. The molecule has 98 valence electrons. The Hall–Kier alpha value is -1.74. The molecule has 1 N–H and O–H groups in total. The molecule has 19 heavy (non-hydrogen) atoms. The summed E-state index contributed by atoms with van der Waals surface area (Å²) in [6.07, 6.45) is 4.41. The molecular formula is C15H16ClN3. The molecule has 2 aromatic rings. The van der Waals surface area contributed by atoms with Crippen molar-refractivity contribution in [1.82, 2.24) is 4.98 Å². The number of nitrogens with zero attached hydrogens (tertiary/aromatic N) is 2. The van der Waals surface area contributed by atoms with Gasteiger partial charge in [-0.15, -0.1) is 0 Å². The Balaban J connectivity index is 1.72. The van der Waals surface area contributed by atoms with E-state index >= 15 is 0 Å². The number of halogens is 1. The number of rotatable bonds is 3. The number of anilines is 3. The van der Waals surface area contributed by atoms with Crippen molar-refractivity contribution in [3.05, 3.63) is 47.6 Å². The summed E-state index contributed by atoms with van der Waals surface area (Å²) in [5, 5.41) is 4.03. The van der Waals surface area contributed by atoms with Crippen LogP contribution in [-0.4, -0.2) is 18.1 Å². The minimum Gasteiger partial charge on any atom is -0.357 e. The van der Waals surface area contributed by atoms with E-state index in [2.05, 4.69) is 27.3 Å². The first-order chi connectivity index (χ1) is 9.31. The highest BCUT2D eigenvalue weighted by Gasteiger charge is 2.12. The van der Waals surface area contributed by atoms with Crippen LogP contribution in [0.5, 0.6) is 0 Å². The van der Waals surface area contributed by atoms with Crippen LogP contribution in [0.15, 0.2) is 42.6 Å². The van der Waals surface area contributed by atoms with Gasteiger partial charge in [-0.3, -0.25) is 0 Å². The summed E-state index contributed by atoms with van der Waals surface area (Å²) < 4.78 is 0. The standard InChI is InChI=1S/C15H16ClN3/c16-12-4-3-5-13(10-12)18-14-6-7-15(17-11-14)19-8-1-2-9-19/h3-7,10-11,18H,1-2,8-9H2. The molecule has 0 unspecified atom stereocenters. The van der Waals surface area contributed by atoms with Crippen LogP contribution < -0.4 is 10.2 Å². The van der Waals surface area contributed by atoms with Gasteiger partial charge in [0.15, 0.2) is 0 Å². The van der Waals surface area contributed by atoms with Gasteiger partial charge in [0.05, 0.1) is 11.9 Å². The van der Waals surface area contributed by atoms with Crippen molar-refractivity contribution in [2.75, 3.05) is 23.3 Å². The first-order valence-electron chi connectivity index (χ1n) is 6.55. The normalized spacial score (nSPS) is 14.7. The Morgan fingerprint density at radius 1 is 1.05 bits per heavy atom. The van der Waals surface area contributed by atoms with Crippen LogP contribution >= 0.6 is 11.6 Å². The summed E-state index contributed by atoms with van der Waals surface area (Å²) in [4.78, 5) is 6.83. The fourth-order valence-corrected chi connectivity index (χ4v) is 2.52. The van der Waals surface area contributed by atoms with Gasteiger partial charge in [0.25, 0.3) is 0 Å². The quantitative estimate of drug-likeness (QED) is 0.913. The van der Waals surface area contributed by atoms with Crippen LogP contribution in [-0.2, 0) is 0 Å². The number of hydrogen-bond acceptors (Lipinski definition) is 3. The molecule has 1 aliphatic heterocycles. The highest BCUT2D eigenvalue weighted by molar-refractivity contribution is 6.30. The van der Waals surface area contributed by atoms with Crippen molar-refractivity contribution in [1.29, 1.82) is 0 Å². The molecule has 1 saturated heterocycles. The van der Waals surface area contributed by atoms with Crippen molar-refractivity contribution in [2.45, 2.75) is 12.8 Å². The number of pyridine rings is 1. The van der Waals surface area contributed by atoms with Gasteiger partial charge in [-0.2, -0.15) is 0 Å². The molecule has 4 heteroatoms. The molecule has 1 aliphatic rings. The second-order valence-corrected chi connectivity index (χ2v) is 5.17. The summed E-state index contributed by atoms with van der Waals surface area (Å²) in [5.74, 6) is 1.06. The molecule has 3 rings (SSSR count). The zero-order chi connectivity index (χ0) is 13.1. The maximum absolute atomic E-state index is 5.96. The van der Waals surface area contributed by atoms with Gasteiger partial charge >= 0.3 is 0 Å². The molecule has 1 aromatic heterocycles. The van der Waals surface area contributed by atoms with Crippen molar-refractivity contribution < 1.29 is 0 Å². The molecule has 3 nitrogen and oxygen atoms in total. The number of nitrogens with one attached hydrogen (secondary N) is 1. The summed E-state index contributed by atoms with van der Waals surface area (Å²) >= 11 is 5.96. The maximum Gasteiger partial charge on any atom is 0.128 e. The molecule has 0 aliphatic carbocycles. The average molecular weight is 274 g/mol. The highest BCUT2D eigenvalue weighted by atomic mass is 35.5. The summed E-state index contributed by atoms with van der Waals surface area (Å²) in [7, 11) is 0. The number of hydrogen-bond donors (Lipinski definition) is 1. The summed E-state index contributed by atoms with van der Waals surface area (Å²) in [5.41, 5.74) is 1.95. The molecule has 0 atom stereocenters. The predicted molar refractivity (Wildman–Crippen MR) is 80.4 cm³/mol. The number of benzene rings is 1. The van der Waals surface area contributed by atoms with Gasteiger partial charge in [0.1, 0.15) is 5.82 Å². The van der Waals surface area contributed by atoms with Crippen LogP contribution in [0.3, 0.4) is 0 Å². The first kappa shape index (κ1) is 12.3. The predicted octanol–water partition coefficient (Wildman–Crippen LogP) is 4.08. The van der Waals surface area contributed by atoms with Crippen LogP contribution in [0.4, 0.5) is 17.2 Å². The number of aromatic nitrogens is 1. The first-order valence-corrected chi connectivity index (χ1v) is 6.93. The fourth-order valence-electron chi connectivity index (χ4n) is 2.33. The monoisotopic (exact) mass is 273 g/mol. The molecule has 0 amide bonds. The van der Waals surface area contributed by atoms with Crippen LogP contribution in [0, 0.1) is 0 Å². The second kappa shape index (κ2) is 5.49. The topological polar surface area (TPSA) is 28.2 Å². The van der Waals surface area contributed by atoms with Crippen LogP contribution in [0.2, 0.25) is 5.02 Å². The minimum atomic E-state index is 0.728. The average Bonchev–Trinajstić information content (AvgIpc) is 2.94. The third kappa shape index (κ3) is 2.99. The van der Waals surface area contributed by atoms with Crippen molar-refractivity contribution in [3.63, 3.8) is 0 Å². The van der Waals surface area contributed by atoms with Gasteiger partial charge in [-0.1, -0.05) is 17.7 Å². The lowest BCUT2D eigenvalue weighted by molar-refractivity contribution is 0.938. The van der Waals surface area contributed by atoms with Crippen molar-refractivity contribution in [3.8, 4) is 0 Å².